The summed E-state index contributed by atoms with van der Waals surface area (Å²) in [5.74, 6) is -0.572. The first-order valence-electron chi connectivity index (χ1n) is 6.42. The van der Waals surface area contributed by atoms with Gasteiger partial charge in [-0.3, -0.25) is 15.0 Å². The summed E-state index contributed by atoms with van der Waals surface area (Å²) in [5.41, 5.74) is -0.203. The summed E-state index contributed by atoms with van der Waals surface area (Å²) >= 11 is 0. The van der Waals surface area contributed by atoms with E-state index in [1.54, 1.807) is 0 Å². The lowest BCUT2D eigenvalue weighted by molar-refractivity contribution is -0.384. The van der Waals surface area contributed by atoms with E-state index in [2.05, 4.69) is 24.1 Å². The van der Waals surface area contributed by atoms with Crippen LogP contribution in [0.3, 0.4) is 0 Å². The van der Waals surface area contributed by atoms with Gasteiger partial charge in [-0.1, -0.05) is 6.07 Å². The third-order valence-electron chi connectivity index (χ3n) is 3.49. The average Bonchev–Trinajstić information content (AvgIpc) is 2.80. The summed E-state index contributed by atoms with van der Waals surface area (Å²) in [6.45, 7) is 5.92. The van der Waals surface area contributed by atoms with Crippen LogP contribution in [-0.4, -0.2) is 35.0 Å². The Hall–Kier alpha value is -1.69. The maximum atomic E-state index is 13.7. The molecule has 19 heavy (non-hydrogen) atoms. The zero-order chi connectivity index (χ0) is 14.0. The van der Waals surface area contributed by atoms with Crippen molar-refractivity contribution in [1.29, 1.82) is 0 Å². The molecule has 1 unspecified atom stereocenters. The Morgan fingerprint density at radius 2 is 2.26 bits per heavy atom. The van der Waals surface area contributed by atoms with E-state index in [0.717, 1.165) is 19.5 Å². The van der Waals surface area contributed by atoms with Gasteiger partial charge >= 0.3 is 0 Å². The molecule has 0 radical (unpaired) electrons. The molecule has 0 bridgehead atoms. The smallest absolute Gasteiger partial charge is 0.295 e. The van der Waals surface area contributed by atoms with E-state index < -0.39 is 10.7 Å². The first kappa shape index (κ1) is 13.7. The van der Waals surface area contributed by atoms with Crippen molar-refractivity contribution in [2.45, 2.75) is 32.4 Å². The quantitative estimate of drug-likeness (QED) is 0.673. The second kappa shape index (κ2) is 5.52. The molecule has 1 atom stereocenters. The van der Waals surface area contributed by atoms with Gasteiger partial charge < -0.3 is 5.32 Å². The fourth-order valence-corrected chi connectivity index (χ4v) is 2.39. The van der Waals surface area contributed by atoms with Gasteiger partial charge in [0.1, 0.15) is 5.69 Å². The predicted octanol–water partition coefficient (Wildman–Crippen LogP) is 2.63. The highest BCUT2D eigenvalue weighted by Gasteiger charge is 2.27. The van der Waals surface area contributed by atoms with Gasteiger partial charge in [0.15, 0.2) is 5.82 Å². The number of benzene rings is 1. The third-order valence-corrected chi connectivity index (χ3v) is 3.49. The van der Waals surface area contributed by atoms with Crippen molar-refractivity contribution in [3.05, 3.63) is 34.1 Å². The Morgan fingerprint density at radius 3 is 2.84 bits per heavy atom. The Morgan fingerprint density at radius 1 is 1.53 bits per heavy atom. The summed E-state index contributed by atoms with van der Waals surface area (Å²) in [5, 5.41) is 13.9. The molecule has 6 heteroatoms. The van der Waals surface area contributed by atoms with Crippen LogP contribution in [0.5, 0.6) is 0 Å². The molecule has 1 saturated heterocycles. The summed E-state index contributed by atoms with van der Waals surface area (Å²) in [7, 11) is 0. The van der Waals surface area contributed by atoms with E-state index in [9.17, 15) is 14.5 Å². The number of nitrogens with zero attached hydrogens (tertiary/aromatic N) is 2. The summed E-state index contributed by atoms with van der Waals surface area (Å²) in [6, 6.07) is 4.40. The molecule has 1 heterocycles. The molecule has 0 aromatic heterocycles. The first-order chi connectivity index (χ1) is 8.99. The number of nitro benzene ring substituents is 1. The monoisotopic (exact) mass is 267 g/mol. The number of hydrogen-bond donors (Lipinski definition) is 1. The molecule has 5 nitrogen and oxygen atoms in total. The number of likely N-dealkylation sites (tertiary alicyclic amines) is 1. The van der Waals surface area contributed by atoms with E-state index in [1.807, 2.05) is 0 Å². The van der Waals surface area contributed by atoms with Gasteiger partial charge in [0.05, 0.1) is 4.92 Å². The van der Waals surface area contributed by atoms with Crippen LogP contribution >= 0.6 is 0 Å². The predicted molar refractivity (Wildman–Crippen MR) is 71.8 cm³/mol. The standard InChI is InChI=1S/C13H18FN3O2/c1-9(2)16-7-6-10(8-16)15-13-11(14)4-3-5-12(13)17(18)19/h3-5,9-10,15H,6-8H2,1-2H3. The van der Waals surface area contributed by atoms with Crippen LogP contribution in [0, 0.1) is 15.9 Å². The van der Waals surface area contributed by atoms with E-state index in [1.165, 1.54) is 18.2 Å². The lowest BCUT2D eigenvalue weighted by Crippen LogP contribution is -2.31. The molecule has 0 spiro atoms. The minimum Gasteiger partial charge on any atom is -0.373 e. The molecular weight excluding hydrogens is 249 g/mol. The second-order valence-corrected chi connectivity index (χ2v) is 5.11. The van der Waals surface area contributed by atoms with E-state index in [4.69, 9.17) is 0 Å². The Labute approximate surface area is 111 Å². The highest BCUT2D eigenvalue weighted by Crippen LogP contribution is 2.29. The Balaban J connectivity index is 2.14. The van der Waals surface area contributed by atoms with Crippen LogP contribution in [0.1, 0.15) is 20.3 Å². The fraction of sp³-hybridized carbons (Fsp3) is 0.538. The lowest BCUT2D eigenvalue weighted by atomic mass is 10.2. The molecule has 0 saturated carbocycles. The maximum Gasteiger partial charge on any atom is 0.295 e. The molecule has 104 valence electrons. The molecule has 1 aliphatic heterocycles. The Bertz CT molecular complexity index is 479. The topological polar surface area (TPSA) is 58.4 Å². The molecular formula is C13H18FN3O2. The van der Waals surface area contributed by atoms with Crippen LogP contribution in [0.15, 0.2) is 18.2 Å². The van der Waals surface area contributed by atoms with Crippen LogP contribution in [0.2, 0.25) is 0 Å². The highest BCUT2D eigenvalue weighted by atomic mass is 19.1. The summed E-state index contributed by atoms with van der Waals surface area (Å²) in [6.07, 6.45) is 0.865. The number of anilines is 1. The van der Waals surface area contributed by atoms with Gasteiger partial charge in [-0.05, 0) is 26.3 Å². The SMILES string of the molecule is CC(C)N1CCC(Nc2c(F)cccc2[N+](=O)[O-])C1. The number of hydrogen-bond acceptors (Lipinski definition) is 4. The Kier molecular flexibility index (Phi) is 3.99. The minimum atomic E-state index is -0.572. The van der Waals surface area contributed by atoms with E-state index >= 15 is 0 Å². The molecule has 0 aliphatic carbocycles. The minimum absolute atomic E-state index is 0.00288. The van der Waals surface area contributed by atoms with Crippen LogP contribution in [-0.2, 0) is 0 Å². The van der Waals surface area contributed by atoms with Crippen molar-refractivity contribution in [3.63, 3.8) is 0 Å². The number of rotatable bonds is 4. The molecule has 2 rings (SSSR count). The largest absolute Gasteiger partial charge is 0.373 e. The molecule has 1 N–H and O–H groups in total. The zero-order valence-electron chi connectivity index (χ0n) is 11.1. The fourth-order valence-electron chi connectivity index (χ4n) is 2.39. The highest BCUT2D eigenvalue weighted by molar-refractivity contribution is 5.62. The van der Waals surface area contributed by atoms with Crippen molar-refractivity contribution in [2.24, 2.45) is 0 Å². The number of halogens is 1. The van der Waals surface area contributed by atoms with Crippen molar-refractivity contribution in [1.82, 2.24) is 4.90 Å². The van der Waals surface area contributed by atoms with Gasteiger partial charge in [0, 0.05) is 31.2 Å². The normalized spacial score (nSPS) is 19.9. The number of nitrogens with one attached hydrogen (secondary N) is 1. The number of nitro groups is 1. The molecule has 0 amide bonds. The third kappa shape index (κ3) is 3.01. The van der Waals surface area contributed by atoms with Crippen molar-refractivity contribution < 1.29 is 9.31 Å². The molecule has 1 aromatic carbocycles. The van der Waals surface area contributed by atoms with Gasteiger partial charge in [0.2, 0.25) is 0 Å². The number of para-hydroxylation sites is 1. The van der Waals surface area contributed by atoms with Crippen LogP contribution < -0.4 is 5.32 Å². The molecule has 1 aromatic rings. The lowest BCUT2D eigenvalue weighted by Gasteiger charge is -2.20. The van der Waals surface area contributed by atoms with Gasteiger partial charge in [-0.2, -0.15) is 0 Å². The molecule has 1 aliphatic rings. The van der Waals surface area contributed by atoms with Crippen molar-refractivity contribution in [2.75, 3.05) is 18.4 Å². The molecule has 1 fully saturated rings. The van der Waals surface area contributed by atoms with Gasteiger partial charge in [-0.25, -0.2) is 4.39 Å². The second-order valence-electron chi connectivity index (χ2n) is 5.11. The first-order valence-corrected chi connectivity index (χ1v) is 6.42. The maximum absolute atomic E-state index is 13.7. The zero-order valence-corrected chi connectivity index (χ0v) is 11.1. The van der Waals surface area contributed by atoms with Gasteiger partial charge in [0.25, 0.3) is 5.69 Å². The van der Waals surface area contributed by atoms with Crippen molar-refractivity contribution >= 4 is 11.4 Å². The summed E-state index contributed by atoms with van der Waals surface area (Å²) < 4.78 is 13.7. The van der Waals surface area contributed by atoms with E-state index in [-0.39, 0.29) is 17.4 Å². The van der Waals surface area contributed by atoms with Crippen molar-refractivity contribution in [3.8, 4) is 0 Å². The van der Waals surface area contributed by atoms with Crippen LogP contribution in [0.4, 0.5) is 15.8 Å². The van der Waals surface area contributed by atoms with Gasteiger partial charge in [-0.15, -0.1) is 0 Å². The van der Waals surface area contributed by atoms with E-state index in [0.29, 0.717) is 6.04 Å². The van der Waals surface area contributed by atoms with Crippen LogP contribution in [0.25, 0.3) is 0 Å². The average molecular weight is 267 g/mol. The summed E-state index contributed by atoms with van der Waals surface area (Å²) in [4.78, 5) is 12.6.